The third kappa shape index (κ3) is 5.95. The van der Waals surface area contributed by atoms with Crippen molar-refractivity contribution in [1.29, 1.82) is 0 Å². The fourth-order valence-corrected chi connectivity index (χ4v) is 10.1. The van der Waals surface area contributed by atoms with Crippen LogP contribution in [-0.4, -0.2) is 12.2 Å². The van der Waals surface area contributed by atoms with E-state index in [1.54, 1.807) is 0 Å². The largest absolute Gasteiger partial charge is 0.346 e. The summed E-state index contributed by atoms with van der Waals surface area (Å²) in [6.45, 7) is 0. The van der Waals surface area contributed by atoms with Crippen LogP contribution in [0.3, 0.4) is 0 Å². The van der Waals surface area contributed by atoms with E-state index in [1.165, 1.54) is 46.9 Å². The molecule has 38 heavy (non-hydrogen) atoms. The van der Waals surface area contributed by atoms with E-state index < -0.39 is 16.3 Å². The number of benzene rings is 4. The molecule has 0 unspecified atom stereocenters. The zero-order valence-corrected chi connectivity index (χ0v) is 23.6. The lowest BCUT2D eigenvalue weighted by atomic mass is 9.86. The fraction of sp³-hybridized carbons (Fsp3) is 0.294. The van der Waals surface area contributed by atoms with Crippen molar-refractivity contribution in [3.8, 4) is 0 Å². The third-order valence-electron chi connectivity index (χ3n) is 8.00. The Morgan fingerprint density at radius 2 is 0.684 bits per heavy atom. The molecule has 0 radical (unpaired) electrons. The van der Waals surface area contributed by atoms with Crippen molar-refractivity contribution in [2.45, 2.75) is 50.7 Å². The minimum absolute atomic E-state index is 0.287. The third-order valence-corrected chi connectivity index (χ3v) is 12.0. The van der Waals surface area contributed by atoms with E-state index in [2.05, 4.69) is 121 Å². The van der Waals surface area contributed by atoms with Crippen LogP contribution in [-0.2, 0) is 9.05 Å². The monoisotopic (exact) mass is 538 g/mol. The zero-order chi connectivity index (χ0) is 25.6. The number of hydrogen-bond acceptors (Lipinski definition) is 2. The number of rotatable bonds is 9. The molecule has 0 N–H and O–H groups in total. The van der Waals surface area contributed by atoms with Crippen LogP contribution in [0.4, 0.5) is 0 Å². The van der Waals surface area contributed by atoms with Crippen LogP contribution in [0.1, 0.15) is 38.5 Å². The van der Waals surface area contributed by atoms with Gasteiger partial charge in [0.25, 0.3) is 0 Å². The second kappa shape index (κ2) is 12.7. The molecule has 0 bridgehead atoms. The molecule has 0 aliphatic heterocycles. The van der Waals surface area contributed by atoms with Crippen LogP contribution in [0.25, 0.3) is 0 Å². The van der Waals surface area contributed by atoms with Crippen molar-refractivity contribution in [1.82, 2.24) is 0 Å². The average molecular weight is 539 g/mol. The van der Waals surface area contributed by atoms with Gasteiger partial charge in [-0.15, -0.1) is 0 Å². The van der Waals surface area contributed by atoms with Gasteiger partial charge >= 0.3 is 0 Å². The van der Waals surface area contributed by atoms with Crippen LogP contribution >= 0.6 is 16.3 Å². The molecule has 2 nitrogen and oxygen atoms in total. The molecule has 2 aliphatic rings. The van der Waals surface area contributed by atoms with E-state index >= 15 is 0 Å². The molecule has 6 rings (SSSR count). The van der Waals surface area contributed by atoms with Gasteiger partial charge in [-0.05, 0) is 37.5 Å². The molecule has 2 fully saturated rings. The standard InChI is InChI=1S/C34H36O2P2/c1-5-15-27(16-6-1)37(28-17-7-2-8-18-28)35-33-25-13-23-31(33)32-24-14-26-34(32)36-38(29-19-9-3-10-20-29)30-21-11-4-12-22-30/h1-12,15-22,31-34H,13-14,23-26H2/t31-,32-,33+,34+/m1/s1. The van der Waals surface area contributed by atoms with E-state index in [9.17, 15) is 0 Å². The van der Waals surface area contributed by atoms with Gasteiger partial charge in [-0.3, -0.25) is 0 Å². The summed E-state index contributed by atoms with van der Waals surface area (Å²) in [4.78, 5) is 0. The van der Waals surface area contributed by atoms with E-state index in [0.717, 1.165) is 12.8 Å². The summed E-state index contributed by atoms with van der Waals surface area (Å²) in [5.74, 6) is 1.12. The van der Waals surface area contributed by atoms with Gasteiger partial charge in [-0.1, -0.05) is 134 Å². The highest BCUT2D eigenvalue weighted by molar-refractivity contribution is 7.68. The first kappa shape index (κ1) is 25.9. The van der Waals surface area contributed by atoms with Crippen LogP contribution < -0.4 is 21.2 Å². The first-order chi connectivity index (χ1) is 18.9. The summed E-state index contributed by atoms with van der Waals surface area (Å²) in [5.41, 5.74) is 0. The van der Waals surface area contributed by atoms with Gasteiger partial charge in [0.05, 0.1) is 28.5 Å². The Bertz CT molecular complexity index is 1070. The maximum atomic E-state index is 7.15. The summed E-state index contributed by atoms with van der Waals surface area (Å²) >= 11 is 0. The smallest absolute Gasteiger partial charge is 0.0921 e. The van der Waals surface area contributed by atoms with Gasteiger partial charge in [0.1, 0.15) is 0 Å². The minimum Gasteiger partial charge on any atom is -0.346 e. The molecule has 0 aromatic heterocycles. The van der Waals surface area contributed by atoms with Gasteiger partial charge in [-0.25, -0.2) is 0 Å². The van der Waals surface area contributed by atoms with E-state index in [0.29, 0.717) is 11.8 Å². The summed E-state index contributed by atoms with van der Waals surface area (Å²) in [6, 6.07) is 43.4. The predicted molar refractivity (Wildman–Crippen MR) is 163 cm³/mol. The highest BCUT2D eigenvalue weighted by Crippen LogP contribution is 2.50. The lowest BCUT2D eigenvalue weighted by Crippen LogP contribution is -2.33. The molecule has 4 atom stereocenters. The maximum Gasteiger partial charge on any atom is 0.0921 e. The molecule has 4 aromatic rings. The van der Waals surface area contributed by atoms with Crippen LogP contribution in [0, 0.1) is 11.8 Å². The van der Waals surface area contributed by atoms with E-state index in [1.807, 2.05) is 0 Å². The molecule has 2 saturated carbocycles. The summed E-state index contributed by atoms with van der Waals surface area (Å²) in [7, 11) is -1.69. The van der Waals surface area contributed by atoms with Crippen molar-refractivity contribution in [2.75, 3.05) is 0 Å². The molecular formula is C34H36O2P2. The Hall–Kier alpha value is -2.34. The molecule has 194 valence electrons. The van der Waals surface area contributed by atoms with Crippen molar-refractivity contribution >= 4 is 37.5 Å². The Balaban J connectivity index is 1.24. The van der Waals surface area contributed by atoms with Crippen molar-refractivity contribution in [2.24, 2.45) is 11.8 Å². The quantitative estimate of drug-likeness (QED) is 0.206. The maximum absolute atomic E-state index is 7.15. The van der Waals surface area contributed by atoms with Gasteiger partial charge in [0.2, 0.25) is 0 Å². The molecule has 0 saturated heterocycles. The van der Waals surface area contributed by atoms with Crippen LogP contribution in [0.15, 0.2) is 121 Å². The number of hydrogen-bond donors (Lipinski definition) is 0. The lowest BCUT2D eigenvalue weighted by molar-refractivity contribution is 0.0789. The van der Waals surface area contributed by atoms with Crippen molar-refractivity contribution < 1.29 is 9.05 Å². The zero-order valence-electron chi connectivity index (χ0n) is 21.8. The summed E-state index contributed by atoms with van der Waals surface area (Å²) in [5, 5.41) is 5.20. The second-order valence-corrected chi connectivity index (χ2v) is 14.1. The first-order valence-corrected chi connectivity index (χ1v) is 16.5. The molecule has 4 heteroatoms. The molecule has 0 spiro atoms. The molecule has 0 heterocycles. The normalized spacial score (nSPS) is 23.3. The molecular weight excluding hydrogens is 502 g/mol. The van der Waals surface area contributed by atoms with E-state index in [-0.39, 0.29) is 12.2 Å². The Morgan fingerprint density at radius 1 is 0.395 bits per heavy atom. The molecule has 2 aliphatic carbocycles. The second-order valence-electron chi connectivity index (χ2n) is 10.4. The highest BCUT2D eigenvalue weighted by Gasteiger charge is 2.43. The Morgan fingerprint density at radius 3 is 0.974 bits per heavy atom. The molecule has 4 aromatic carbocycles. The fourth-order valence-electron chi connectivity index (χ4n) is 6.22. The van der Waals surface area contributed by atoms with Crippen LogP contribution in [0.2, 0.25) is 0 Å². The van der Waals surface area contributed by atoms with Gasteiger partial charge in [-0.2, -0.15) is 0 Å². The topological polar surface area (TPSA) is 18.5 Å². The van der Waals surface area contributed by atoms with Gasteiger partial charge in [0, 0.05) is 21.2 Å². The Labute approximate surface area is 230 Å². The Kier molecular flexibility index (Phi) is 8.64. The van der Waals surface area contributed by atoms with Crippen molar-refractivity contribution in [3.63, 3.8) is 0 Å². The predicted octanol–water partition coefficient (Wildman–Crippen LogP) is 7.45. The highest BCUT2D eigenvalue weighted by atomic mass is 31.1. The van der Waals surface area contributed by atoms with Gasteiger partial charge < -0.3 is 9.05 Å². The van der Waals surface area contributed by atoms with Gasteiger partial charge in [0.15, 0.2) is 0 Å². The average Bonchev–Trinajstić information content (AvgIpc) is 3.65. The SMILES string of the molecule is c1ccc(P(O[C@H]2CCC[C@@H]2[C@H]2CCC[C@@H]2OP(c2ccccc2)c2ccccc2)c2ccccc2)cc1. The first-order valence-electron chi connectivity index (χ1n) is 14.0. The summed E-state index contributed by atoms with van der Waals surface area (Å²) in [6.07, 6.45) is 7.87. The molecule has 0 amide bonds. The summed E-state index contributed by atoms with van der Waals surface area (Å²) < 4.78 is 14.3. The lowest BCUT2D eigenvalue weighted by Gasteiger charge is -2.34. The van der Waals surface area contributed by atoms with Crippen LogP contribution in [0.5, 0.6) is 0 Å². The van der Waals surface area contributed by atoms with E-state index in [4.69, 9.17) is 9.05 Å². The van der Waals surface area contributed by atoms with Crippen molar-refractivity contribution in [3.05, 3.63) is 121 Å². The minimum atomic E-state index is -0.843.